The van der Waals surface area contributed by atoms with Crippen molar-refractivity contribution >= 4 is 75.1 Å². The van der Waals surface area contributed by atoms with Gasteiger partial charge in [-0.15, -0.1) is 11.3 Å². The molecule has 12 aromatic rings. The average Bonchev–Trinajstić information content (AvgIpc) is 4.02. The third kappa shape index (κ3) is 5.08. The maximum Gasteiger partial charge on any atom is 0.165 e. The van der Waals surface area contributed by atoms with E-state index in [9.17, 15) is 0 Å². The lowest BCUT2D eigenvalue weighted by Crippen LogP contribution is -2.40. The zero-order chi connectivity index (χ0) is 37.5. The Hall–Kier alpha value is -7.28. The summed E-state index contributed by atoms with van der Waals surface area (Å²) in [4.78, 5) is 5.31. The summed E-state index contributed by atoms with van der Waals surface area (Å²) >= 11 is 1.86. The predicted molar refractivity (Wildman–Crippen MR) is 236 cm³/mol. The molecule has 0 amide bonds. The molecule has 6 heteroatoms. The van der Waals surface area contributed by atoms with E-state index in [2.05, 4.69) is 185 Å². The van der Waals surface area contributed by atoms with E-state index < -0.39 is 0 Å². The van der Waals surface area contributed by atoms with Gasteiger partial charge in [-0.2, -0.15) is 0 Å². The fourth-order valence-corrected chi connectivity index (χ4v) is 9.83. The van der Waals surface area contributed by atoms with Gasteiger partial charge in [-0.05, 0) is 81.5 Å². The minimum atomic E-state index is 0.611. The molecule has 4 aromatic heterocycles. The van der Waals surface area contributed by atoms with Gasteiger partial charge in [0.2, 0.25) is 0 Å². The largest absolute Gasteiger partial charge is 0.364 e. The topological polar surface area (TPSA) is 40.7 Å². The van der Waals surface area contributed by atoms with E-state index in [0.717, 1.165) is 33.6 Å². The molecule has 0 spiro atoms. The number of hydrogen-bond acceptors (Lipinski definition) is 2. The third-order valence-corrected chi connectivity index (χ3v) is 12.5. The normalized spacial score (nSPS) is 11.9. The molecule has 0 bridgehead atoms. The highest BCUT2D eigenvalue weighted by Crippen LogP contribution is 2.41. The fraction of sp³-hybridized carbons (Fsp3) is 0.0196. The number of benzene rings is 8. The molecule has 0 aliphatic carbocycles. The molecule has 57 heavy (non-hydrogen) atoms. The number of hydrogen-bond donors (Lipinski definition) is 0. The second-order valence-corrected chi connectivity index (χ2v) is 15.8. The number of rotatable bonds is 6. The first-order valence-corrected chi connectivity index (χ1v) is 20.1. The van der Waals surface area contributed by atoms with Crippen molar-refractivity contribution in [3.8, 4) is 34.2 Å². The molecule has 0 unspecified atom stereocenters. The Kier molecular flexibility index (Phi) is 7.09. The molecular formula is C51H33N5S. The molecule has 8 aromatic carbocycles. The summed E-state index contributed by atoms with van der Waals surface area (Å²) in [6, 6.07) is 67.6. The van der Waals surface area contributed by atoms with Gasteiger partial charge in [0.05, 0.1) is 17.0 Å². The maximum absolute atomic E-state index is 5.31. The minimum absolute atomic E-state index is 0.611. The van der Waals surface area contributed by atoms with Gasteiger partial charge in [0.15, 0.2) is 5.82 Å². The van der Waals surface area contributed by atoms with E-state index >= 15 is 0 Å². The van der Waals surface area contributed by atoms with Crippen LogP contribution in [0, 0.1) is 0 Å². The van der Waals surface area contributed by atoms with Crippen LogP contribution >= 0.6 is 11.3 Å². The van der Waals surface area contributed by atoms with Gasteiger partial charge in [-0.3, -0.25) is 0 Å². The van der Waals surface area contributed by atoms with Gasteiger partial charge in [0, 0.05) is 47.7 Å². The van der Waals surface area contributed by atoms with Gasteiger partial charge in [-0.1, -0.05) is 140 Å². The summed E-state index contributed by atoms with van der Waals surface area (Å²) in [5.74, 6) is 1.48. The van der Waals surface area contributed by atoms with Crippen molar-refractivity contribution in [3.63, 3.8) is 0 Å². The van der Waals surface area contributed by atoms with Gasteiger partial charge >= 0.3 is 0 Å². The van der Waals surface area contributed by atoms with Gasteiger partial charge < -0.3 is 14.1 Å². The second-order valence-electron chi connectivity index (χ2n) is 14.7. The van der Waals surface area contributed by atoms with E-state index in [1.807, 2.05) is 28.2 Å². The minimum Gasteiger partial charge on any atom is -0.364 e. The molecule has 0 saturated heterocycles. The summed E-state index contributed by atoms with van der Waals surface area (Å²) in [7, 11) is 0. The van der Waals surface area contributed by atoms with E-state index in [-0.39, 0.29) is 0 Å². The van der Waals surface area contributed by atoms with Crippen molar-refractivity contribution in [3.05, 3.63) is 194 Å². The summed E-state index contributed by atoms with van der Waals surface area (Å²) in [5, 5.41) is 12.7. The zero-order valence-corrected chi connectivity index (χ0v) is 31.6. The molecule has 12 rings (SSSR count). The van der Waals surface area contributed by atoms with E-state index in [4.69, 9.17) is 10.1 Å². The van der Waals surface area contributed by atoms with Crippen molar-refractivity contribution in [2.75, 3.05) is 0 Å². The number of aromatic nitrogens is 5. The number of nitrogens with zero attached hydrogens (tertiary/aromatic N) is 5. The Labute approximate surface area is 331 Å². The summed E-state index contributed by atoms with van der Waals surface area (Å²) in [6.07, 6.45) is 0. The smallest absolute Gasteiger partial charge is 0.165 e. The van der Waals surface area contributed by atoms with Crippen LogP contribution in [0.1, 0.15) is 5.56 Å². The Morgan fingerprint density at radius 2 is 1.05 bits per heavy atom. The number of para-hydroxylation sites is 2. The maximum atomic E-state index is 5.31. The molecule has 0 radical (unpaired) electrons. The molecular weight excluding hydrogens is 715 g/mol. The van der Waals surface area contributed by atoms with Gasteiger partial charge in [0.25, 0.3) is 0 Å². The third-order valence-electron chi connectivity index (χ3n) is 11.3. The van der Waals surface area contributed by atoms with E-state index in [1.165, 1.54) is 63.9 Å². The molecule has 4 heterocycles. The van der Waals surface area contributed by atoms with Crippen molar-refractivity contribution in [2.24, 2.45) is 0 Å². The molecule has 0 aliphatic heterocycles. The van der Waals surface area contributed by atoms with E-state index in [0.29, 0.717) is 12.5 Å². The lowest BCUT2D eigenvalue weighted by molar-refractivity contribution is -0.737. The SMILES string of the molecule is c1ccc(C[n+]2[n-]c(-n3c4ccccc4c4cc5c6ccccc6n(-c6cccc(-c7ccc8sc9ccccc9c8c7)c6)c5cc43)nc2-c2ccccc2)cc1. The predicted octanol–water partition coefficient (Wildman–Crippen LogP) is 12.3. The Morgan fingerprint density at radius 3 is 1.84 bits per heavy atom. The lowest BCUT2D eigenvalue weighted by Gasteiger charge is -2.13. The highest BCUT2D eigenvalue weighted by molar-refractivity contribution is 7.25. The Morgan fingerprint density at radius 1 is 0.439 bits per heavy atom. The first-order chi connectivity index (χ1) is 28.2. The second kappa shape index (κ2) is 12.6. The average molecular weight is 748 g/mol. The molecule has 0 N–H and O–H groups in total. The molecule has 0 aliphatic rings. The van der Waals surface area contributed by atoms with Crippen molar-refractivity contribution < 1.29 is 4.68 Å². The quantitative estimate of drug-likeness (QED) is 0.159. The van der Waals surface area contributed by atoms with Crippen molar-refractivity contribution in [1.82, 2.24) is 19.2 Å². The molecule has 0 fully saturated rings. The first-order valence-electron chi connectivity index (χ1n) is 19.3. The van der Waals surface area contributed by atoms with Crippen LogP contribution in [0.3, 0.4) is 0 Å². The first kappa shape index (κ1) is 32.0. The zero-order valence-electron chi connectivity index (χ0n) is 30.7. The van der Waals surface area contributed by atoms with Crippen molar-refractivity contribution in [2.45, 2.75) is 6.54 Å². The van der Waals surface area contributed by atoms with Crippen LogP contribution < -0.4 is 9.78 Å². The highest BCUT2D eigenvalue weighted by Gasteiger charge is 2.19. The number of thiophene rings is 1. The van der Waals surface area contributed by atoms with Crippen LogP contribution in [0.15, 0.2) is 188 Å². The van der Waals surface area contributed by atoms with E-state index in [1.54, 1.807) is 0 Å². The highest BCUT2D eigenvalue weighted by atomic mass is 32.1. The molecule has 268 valence electrons. The fourth-order valence-electron chi connectivity index (χ4n) is 8.75. The summed E-state index contributed by atoms with van der Waals surface area (Å²) < 4.78 is 9.34. The summed E-state index contributed by atoms with van der Waals surface area (Å²) in [6.45, 7) is 0.611. The molecule has 5 nitrogen and oxygen atoms in total. The Bertz CT molecular complexity index is 3500. The summed E-state index contributed by atoms with van der Waals surface area (Å²) in [5.41, 5.74) is 10.2. The van der Waals surface area contributed by atoms with Gasteiger partial charge in [0.1, 0.15) is 6.54 Å². The van der Waals surface area contributed by atoms with Crippen molar-refractivity contribution in [1.29, 1.82) is 0 Å². The van der Waals surface area contributed by atoms with Crippen LogP contribution in [0.4, 0.5) is 0 Å². The van der Waals surface area contributed by atoms with Crippen LogP contribution in [0.5, 0.6) is 0 Å². The van der Waals surface area contributed by atoms with Gasteiger partial charge in [-0.25, -0.2) is 9.78 Å². The molecule has 0 atom stereocenters. The standard InChI is InChI=1S/C51H33N5S/c1-3-14-33(15-4-1)32-54-50(34-16-5-2-6-17-34)52-51(53-54)56-45-24-11-8-21-39(45)42-30-41-38-20-7-10-23-44(38)55(46(41)31-47(42)56)37-19-13-18-35(28-37)36-26-27-49-43(29-36)40-22-9-12-25-48(40)57-49/h1-31H,32H2. The molecule has 0 saturated carbocycles. The Balaban J connectivity index is 1.08. The van der Waals surface area contributed by atoms with Crippen LogP contribution in [-0.4, -0.2) is 14.1 Å². The van der Waals surface area contributed by atoms with Crippen LogP contribution in [0.2, 0.25) is 0 Å². The monoisotopic (exact) mass is 747 g/mol. The lowest BCUT2D eigenvalue weighted by atomic mass is 10.0. The van der Waals surface area contributed by atoms with Crippen LogP contribution in [-0.2, 0) is 6.54 Å². The number of fused-ring (bicyclic) bond motifs is 9. The van der Waals surface area contributed by atoms with Crippen LogP contribution in [0.25, 0.3) is 97.9 Å².